The zero-order valence-corrected chi connectivity index (χ0v) is 13.7. The van der Waals surface area contributed by atoms with Crippen LogP contribution in [0.25, 0.3) is 5.65 Å². The van der Waals surface area contributed by atoms with Crippen LogP contribution in [0.3, 0.4) is 0 Å². The van der Waals surface area contributed by atoms with Crippen LogP contribution in [0.5, 0.6) is 0 Å². The molecule has 136 valence electrons. The van der Waals surface area contributed by atoms with Crippen molar-refractivity contribution in [2.45, 2.75) is 31.2 Å². The van der Waals surface area contributed by atoms with Crippen LogP contribution in [0.15, 0.2) is 18.5 Å². The highest BCUT2D eigenvalue weighted by molar-refractivity contribution is 5.80. The normalized spacial score (nSPS) is 22.2. The molecule has 2 unspecified atom stereocenters. The molecule has 8 nitrogen and oxygen atoms in total. The van der Waals surface area contributed by atoms with Crippen LogP contribution in [0, 0.1) is 5.95 Å². The van der Waals surface area contributed by atoms with Gasteiger partial charge in [-0.15, -0.1) is 9.90 Å². The lowest BCUT2D eigenvalue weighted by Crippen LogP contribution is -2.25. The van der Waals surface area contributed by atoms with Crippen molar-refractivity contribution in [1.29, 1.82) is 0 Å². The number of aromatic nitrogens is 6. The maximum absolute atomic E-state index is 13.7. The van der Waals surface area contributed by atoms with Crippen LogP contribution in [0.4, 0.5) is 13.2 Å². The third-order valence-electron chi connectivity index (χ3n) is 4.73. The van der Waals surface area contributed by atoms with Crippen molar-refractivity contribution in [3.05, 3.63) is 41.4 Å². The minimum atomic E-state index is -2.90. The maximum Gasteiger partial charge on any atom is 0.348 e. The van der Waals surface area contributed by atoms with Gasteiger partial charge >= 0.3 is 12.5 Å². The highest BCUT2D eigenvalue weighted by Crippen LogP contribution is 2.49. The fourth-order valence-electron chi connectivity index (χ4n) is 3.54. The molecule has 0 saturated heterocycles. The third-order valence-corrected chi connectivity index (χ3v) is 4.73. The van der Waals surface area contributed by atoms with Gasteiger partial charge in [-0.3, -0.25) is 4.79 Å². The Bertz CT molecular complexity index is 1020. The van der Waals surface area contributed by atoms with Gasteiger partial charge in [0.25, 0.3) is 0 Å². The minimum absolute atomic E-state index is 0.180. The number of carbonyl (C=O) groups is 1. The Balaban J connectivity index is 1.97. The first kappa shape index (κ1) is 16.5. The Morgan fingerprint density at radius 3 is 2.81 bits per heavy atom. The number of carbonyl (C=O) groups excluding carboxylic acids is 1. The van der Waals surface area contributed by atoms with E-state index in [0.717, 1.165) is 6.07 Å². The molecule has 3 aromatic rings. The number of methoxy groups -OCH3 is 1. The fourth-order valence-corrected chi connectivity index (χ4v) is 3.54. The summed E-state index contributed by atoms with van der Waals surface area (Å²) in [4.78, 5) is 16.6. The summed E-state index contributed by atoms with van der Waals surface area (Å²) < 4.78 is 45.6. The lowest BCUT2D eigenvalue weighted by atomic mass is 9.83. The molecule has 0 fully saturated rings. The Morgan fingerprint density at radius 2 is 2.15 bits per heavy atom. The van der Waals surface area contributed by atoms with Gasteiger partial charge in [0.05, 0.1) is 36.0 Å². The highest BCUT2D eigenvalue weighted by atomic mass is 19.3. The van der Waals surface area contributed by atoms with Crippen molar-refractivity contribution in [3.8, 4) is 0 Å². The molecule has 4 rings (SSSR count). The van der Waals surface area contributed by atoms with Crippen LogP contribution < -0.4 is 0 Å². The highest BCUT2D eigenvalue weighted by Gasteiger charge is 2.49. The van der Waals surface area contributed by atoms with E-state index in [9.17, 15) is 18.0 Å². The maximum atomic E-state index is 13.7. The first-order valence-electron chi connectivity index (χ1n) is 7.68. The van der Waals surface area contributed by atoms with Gasteiger partial charge in [0, 0.05) is 17.8 Å². The zero-order valence-electron chi connectivity index (χ0n) is 13.7. The predicted octanol–water partition coefficient (Wildman–Crippen LogP) is 1.82. The number of halogens is 3. The van der Waals surface area contributed by atoms with Crippen molar-refractivity contribution >= 4 is 11.6 Å². The van der Waals surface area contributed by atoms with Crippen molar-refractivity contribution < 1.29 is 22.7 Å². The van der Waals surface area contributed by atoms with Gasteiger partial charge in [-0.1, -0.05) is 0 Å². The molecule has 3 heterocycles. The molecule has 0 spiro atoms. The van der Waals surface area contributed by atoms with Crippen LogP contribution in [-0.2, 0) is 14.9 Å². The summed E-state index contributed by atoms with van der Waals surface area (Å²) in [5.74, 6) is -1.96. The summed E-state index contributed by atoms with van der Waals surface area (Å²) in [6, 6.07) is 1.14. The van der Waals surface area contributed by atoms with Gasteiger partial charge in [0.15, 0.2) is 5.65 Å². The quantitative estimate of drug-likeness (QED) is 0.657. The topological polar surface area (TPSA) is 87.2 Å². The average Bonchev–Trinajstić information content (AvgIpc) is 3.29. The number of esters is 1. The second-order valence-electron chi connectivity index (χ2n) is 6.24. The number of alkyl halides is 2. The average molecular weight is 366 g/mol. The summed E-state index contributed by atoms with van der Waals surface area (Å²) in [5, 5.41) is 11.2. The number of nitrogens with zero attached hydrogens (tertiary/aromatic N) is 6. The monoisotopic (exact) mass is 366 g/mol. The van der Waals surface area contributed by atoms with Crippen LogP contribution in [-0.4, -0.2) is 42.7 Å². The summed E-state index contributed by atoms with van der Waals surface area (Å²) in [6.45, 7) is -1.18. The molecule has 0 N–H and O–H groups in total. The van der Waals surface area contributed by atoms with Crippen molar-refractivity contribution in [1.82, 2.24) is 29.6 Å². The van der Waals surface area contributed by atoms with E-state index < -0.39 is 29.8 Å². The molecule has 0 radical (unpaired) electrons. The third kappa shape index (κ3) is 2.19. The Labute approximate surface area is 144 Å². The SMILES string of the molecule is COC(=O)C1CC(C)(c2cnn(C(F)F)n2)c2c1cnc1cc(F)nn21. The standard InChI is InChI=1S/C15H13F3N6O2/c1-15(9-6-20-24(21-9)14(17)18)4-7(13(25)26-2)8-5-19-11-3-10(16)22-23(11)12(8)15/h3,5-7,14H,4H2,1-2H3. The number of fused-ring (bicyclic) bond motifs is 3. The summed E-state index contributed by atoms with van der Waals surface area (Å²) in [6.07, 6.45) is 2.84. The molecule has 26 heavy (non-hydrogen) atoms. The molecular formula is C15H13F3N6O2. The number of ether oxygens (including phenoxy) is 1. The number of rotatable bonds is 3. The Kier molecular flexibility index (Phi) is 3.49. The predicted molar refractivity (Wildman–Crippen MR) is 80.0 cm³/mol. The minimum Gasteiger partial charge on any atom is -0.469 e. The van der Waals surface area contributed by atoms with E-state index in [1.807, 2.05) is 0 Å². The van der Waals surface area contributed by atoms with E-state index in [1.54, 1.807) is 6.92 Å². The van der Waals surface area contributed by atoms with Crippen molar-refractivity contribution in [2.75, 3.05) is 7.11 Å². The van der Waals surface area contributed by atoms with Crippen LogP contribution in [0.1, 0.15) is 42.8 Å². The second kappa shape index (κ2) is 5.51. The van der Waals surface area contributed by atoms with Crippen LogP contribution in [0.2, 0.25) is 0 Å². The Morgan fingerprint density at radius 1 is 1.38 bits per heavy atom. The summed E-state index contributed by atoms with van der Waals surface area (Å²) in [5.41, 5.74) is 0.374. The molecule has 0 aromatic carbocycles. The fraction of sp³-hybridized carbons (Fsp3) is 0.400. The molecular weight excluding hydrogens is 353 g/mol. The molecule has 0 aliphatic heterocycles. The van der Waals surface area contributed by atoms with Crippen molar-refractivity contribution in [2.24, 2.45) is 0 Å². The molecule has 1 aliphatic rings. The van der Waals surface area contributed by atoms with Gasteiger partial charge in [-0.25, -0.2) is 9.50 Å². The number of hydrogen-bond donors (Lipinski definition) is 0. The van der Waals surface area contributed by atoms with Crippen molar-refractivity contribution in [3.63, 3.8) is 0 Å². The molecule has 0 bridgehead atoms. The molecule has 0 saturated carbocycles. The van der Waals surface area contributed by atoms with Gasteiger partial charge in [-0.05, 0) is 13.3 Å². The van der Waals surface area contributed by atoms with E-state index in [-0.39, 0.29) is 22.6 Å². The largest absolute Gasteiger partial charge is 0.469 e. The van der Waals surface area contributed by atoms with E-state index in [1.165, 1.54) is 24.0 Å². The van der Waals surface area contributed by atoms with E-state index in [2.05, 4.69) is 20.3 Å². The lowest BCUT2D eigenvalue weighted by molar-refractivity contribution is -0.142. The summed E-state index contributed by atoms with van der Waals surface area (Å²) >= 11 is 0. The first-order chi connectivity index (χ1) is 12.3. The van der Waals surface area contributed by atoms with E-state index in [4.69, 9.17) is 4.74 Å². The summed E-state index contributed by atoms with van der Waals surface area (Å²) in [7, 11) is 1.25. The first-order valence-corrected chi connectivity index (χ1v) is 7.68. The number of hydrogen-bond acceptors (Lipinski definition) is 6. The molecule has 0 amide bonds. The lowest BCUT2D eigenvalue weighted by Gasteiger charge is -2.23. The van der Waals surface area contributed by atoms with Gasteiger partial charge in [0.2, 0.25) is 5.95 Å². The Hall–Kier alpha value is -2.98. The van der Waals surface area contributed by atoms with E-state index in [0.29, 0.717) is 11.3 Å². The molecule has 3 aromatic heterocycles. The van der Waals surface area contributed by atoms with Gasteiger partial charge in [0.1, 0.15) is 0 Å². The second-order valence-corrected chi connectivity index (χ2v) is 6.24. The zero-order chi connectivity index (χ0) is 18.6. The van der Waals surface area contributed by atoms with Gasteiger partial charge < -0.3 is 4.74 Å². The van der Waals surface area contributed by atoms with Crippen LogP contribution >= 0.6 is 0 Å². The van der Waals surface area contributed by atoms with E-state index >= 15 is 0 Å². The smallest absolute Gasteiger partial charge is 0.348 e. The van der Waals surface area contributed by atoms with Gasteiger partial charge in [-0.2, -0.15) is 23.4 Å². The molecule has 2 atom stereocenters. The molecule has 11 heteroatoms. The molecule has 1 aliphatic carbocycles.